The van der Waals surface area contributed by atoms with Crippen LogP contribution in [0.2, 0.25) is 0 Å². The summed E-state index contributed by atoms with van der Waals surface area (Å²) in [6.45, 7) is 1.05. The number of likely N-dealkylation sites (tertiary alicyclic amines) is 1. The van der Waals surface area contributed by atoms with Crippen LogP contribution in [0.25, 0.3) is 0 Å². The molecule has 1 aliphatic carbocycles. The van der Waals surface area contributed by atoms with Crippen molar-refractivity contribution in [2.75, 3.05) is 25.5 Å². The number of anilines is 1. The Bertz CT molecular complexity index is 998. The average Bonchev–Trinajstić information content (AvgIpc) is 3.46. The number of amides is 2. The minimum absolute atomic E-state index is 0.101. The third-order valence-corrected chi connectivity index (χ3v) is 6.21. The van der Waals surface area contributed by atoms with Crippen LogP contribution < -0.4 is 5.32 Å². The van der Waals surface area contributed by atoms with E-state index in [9.17, 15) is 18.8 Å². The number of esters is 1. The van der Waals surface area contributed by atoms with Crippen LogP contribution in [0.15, 0.2) is 48.5 Å². The number of hydrogen-bond acceptors (Lipinski definition) is 4. The summed E-state index contributed by atoms with van der Waals surface area (Å²) >= 11 is 0. The molecule has 6 nitrogen and oxygen atoms in total. The first-order chi connectivity index (χ1) is 14.4. The molecule has 0 aromatic heterocycles. The lowest BCUT2D eigenvalue weighted by atomic mass is 9.90. The Balaban J connectivity index is 1.37. The van der Waals surface area contributed by atoms with E-state index in [-0.39, 0.29) is 28.7 Å². The SMILES string of the molecule is COC(=O)c1ccccc1C(=O)N1CCC2(CC1)C[C@H]2C(=O)Nc1cccc(F)c1. The summed E-state index contributed by atoms with van der Waals surface area (Å²) in [7, 11) is 1.29. The molecule has 2 aromatic carbocycles. The maximum Gasteiger partial charge on any atom is 0.338 e. The summed E-state index contributed by atoms with van der Waals surface area (Å²) in [6.07, 6.45) is 2.22. The molecular formula is C23H23FN2O4. The molecular weight excluding hydrogens is 387 g/mol. The van der Waals surface area contributed by atoms with E-state index in [0.29, 0.717) is 24.3 Å². The molecule has 2 amide bonds. The maximum atomic E-state index is 13.3. The van der Waals surface area contributed by atoms with Crippen LogP contribution in [0.3, 0.4) is 0 Å². The summed E-state index contributed by atoms with van der Waals surface area (Å²) in [5, 5.41) is 2.79. The number of carbonyl (C=O) groups excluding carboxylic acids is 3. The highest BCUT2D eigenvalue weighted by molar-refractivity contribution is 6.05. The highest BCUT2D eigenvalue weighted by Gasteiger charge is 2.58. The molecule has 2 aliphatic rings. The Morgan fingerprint density at radius 2 is 1.77 bits per heavy atom. The second kappa shape index (κ2) is 7.89. The Kier molecular flexibility index (Phi) is 5.28. The summed E-state index contributed by atoms with van der Waals surface area (Å²) in [5.74, 6) is -1.36. The van der Waals surface area contributed by atoms with E-state index < -0.39 is 11.8 Å². The first-order valence-corrected chi connectivity index (χ1v) is 9.96. The number of rotatable bonds is 4. The van der Waals surface area contributed by atoms with Gasteiger partial charge in [-0.1, -0.05) is 18.2 Å². The number of ether oxygens (including phenoxy) is 1. The van der Waals surface area contributed by atoms with Crippen LogP contribution in [0, 0.1) is 17.2 Å². The molecule has 1 spiro atoms. The molecule has 4 rings (SSSR count). The Labute approximate surface area is 174 Å². The van der Waals surface area contributed by atoms with Crippen molar-refractivity contribution in [3.8, 4) is 0 Å². The van der Waals surface area contributed by atoms with Gasteiger partial charge in [-0.15, -0.1) is 0 Å². The number of methoxy groups -OCH3 is 1. The van der Waals surface area contributed by atoms with Crippen molar-refractivity contribution in [1.82, 2.24) is 4.90 Å². The van der Waals surface area contributed by atoms with E-state index in [1.54, 1.807) is 41.3 Å². The fourth-order valence-electron chi connectivity index (χ4n) is 4.35. The Morgan fingerprint density at radius 3 is 2.43 bits per heavy atom. The van der Waals surface area contributed by atoms with E-state index in [2.05, 4.69) is 5.32 Å². The molecule has 1 N–H and O–H groups in total. The summed E-state index contributed by atoms with van der Waals surface area (Å²) in [6, 6.07) is 12.5. The standard InChI is InChI=1S/C23H23FN2O4/c1-30-22(29)18-8-3-2-7-17(18)21(28)26-11-9-23(10-12-26)14-19(23)20(27)25-16-6-4-5-15(24)13-16/h2-8,13,19H,9-12,14H2,1H3,(H,25,27)/t19-/m0/s1. The van der Waals surface area contributed by atoms with E-state index in [4.69, 9.17) is 4.74 Å². The minimum atomic E-state index is -0.538. The lowest BCUT2D eigenvalue weighted by Gasteiger charge is -2.33. The fourth-order valence-corrected chi connectivity index (χ4v) is 4.35. The molecule has 1 saturated heterocycles. The molecule has 1 atom stereocenters. The van der Waals surface area contributed by atoms with Crippen molar-refractivity contribution >= 4 is 23.5 Å². The van der Waals surface area contributed by atoms with E-state index in [0.717, 1.165) is 19.3 Å². The van der Waals surface area contributed by atoms with Gasteiger partial charge in [-0.2, -0.15) is 0 Å². The van der Waals surface area contributed by atoms with E-state index >= 15 is 0 Å². The van der Waals surface area contributed by atoms with Crippen molar-refractivity contribution in [2.24, 2.45) is 11.3 Å². The summed E-state index contributed by atoms with van der Waals surface area (Å²) < 4.78 is 18.1. The second-order valence-corrected chi connectivity index (χ2v) is 7.95. The third-order valence-electron chi connectivity index (χ3n) is 6.21. The van der Waals surface area contributed by atoms with Crippen molar-refractivity contribution < 1.29 is 23.5 Å². The molecule has 1 aliphatic heterocycles. The predicted molar refractivity (Wildman–Crippen MR) is 108 cm³/mol. The van der Waals surface area contributed by atoms with Crippen LogP contribution in [0.5, 0.6) is 0 Å². The smallest absolute Gasteiger partial charge is 0.338 e. The zero-order chi connectivity index (χ0) is 21.3. The molecule has 1 saturated carbocycles. The van der Waals surface area contributed by atoms with Gasteiger partial charge in [0.25, 0.3) is 5.91 Å². The zero-order valence-electron chi connectivity index (χ0n) is 16.7. The van der Waals surface area contributed by atoms with Crippen molar-refractivity contribution in [3.63, 3.8) is 0 Å². The average molecular weight is 410 g/mol. The number of hydrogen-bond donors (Lipinski definition) is 1. The molecule has 7 heteroatoms. The Morgan fingerprint density at radius 1 is 1.07 bits per heavy atom. The van der Waals surface area contributed by atoms with Gasteiger partial charge in [0.2, 0.25) is 5.91 Å². The predicted octanol–water partition coefficient (Wildman–Crippen LogP) is 3.49. The molecule has 2 aromatic rings. The number of benzene rings is 2. The highest BCUT2D eigenvalue weighted by atomic mass is 19.1. The molecule has 156 valence electrons. The number of nitrogens with one attached hydrogen (secondary N) is 1. The van der Waals surface area contributed by atoms with E-state index in [1.807, 2.05) is 0 Å². The normalized spacial score (nSPS) is 19.3. The van der Waals surface area contributed by atoms with Crippen molar-refractivity contribution in [2.45, 2.75) is 19.3 Å². The first kappa shape index (κ1) is 20.1. The van der Waals surface area contributed by atoms with Gasteiger partial charge >= 0.3 is 5.97 Å². The largest absolute Gasteiger partial charge is 0.465 e. The molecule has 30 heavy (non-hydrogen) atoms. The number of halogens is 1. The summed E-state index contributed by atoms with van der Waals surface area (Å²) in [5.41, 5.74) is 0.936. The van der Waals surface area contributed by atoms with Gasteiger partial charge in [-0.05, 0) is 55.0 Å². The van der Waals surface area contributed by atoms with Crippen LogP contribution in [-0.4, -0.2) is 42.9 Å². The van der Waals surface area contributed by atoms with Crippen LogP contribution in [-0.2, 0) is 9.53 Å². The number of carbonyl (C=O) groups is 3. The molecule has 0 bridgehead atoms. The van der Waals surface area contributed by atoms with Crippen LogP contribution in [0.4, 0.5) is 10.1 Å². The topological polar surface area (TPSA) is 75.7 Å². The van der Waals surface area contributed by atoms with Gasteiger partial charge in [0.1, 0.15) is 5.82 Å². The van der Waals surface area contributed by atoms with E-state index in [1.165, 1.54) is 19.2 Å². The minimum Gasteiger partial charge on any atom is -0.465 e. The highest BCUT2D eigenvalue weighted by Crippen LogP contribution is 2.59. The van der Waals surface area contributed by atoms with Gasteiger partial charge in [0, 0.05) is 24.7 Å². The van der Waals surface area contributed by atoms with Gasteiger partial charge in [-0.25, -0.2) is 9.18 Å². The third kappa shape index (κ3) is 3.79. The fraction of sp³-hybridized carbons (Fsp3) is 0.348. The zero-order valence-corrected chi connectivity index (χ0v) is 16.7. The first-order valence-electron chi connectivity index (χ1n) is 9.96. The monoisotopic (exact) mass is 410 g/mol. The second-order valence-electron chi connectivity index (χ2n) is 7.95. The van der Waals surface area contributed by atoms with Gasteiger partial charge in [-0.3, -0.25) is 9.59 Å². The summed E-state index contributed by atoms with van der Waals surface area (Å²) in [4.78, 5) is 39.2. The van der Waals surface area contributed by atoms with Gasteiger partial charge in [0.05, 0.1) is 18.2 Å². The maximum absolute atomic E-state index is 13.3. The number of nitrogens with zero attached hydrogens (tertiary/aromatic N) is 1. The number of piperidine rings is 1. The van der Waals surface area contributed by atoms with Crippen molar-refractivity contribution in [3.05, 3.63) is 65.5 Å². The van der Waals surface area contributed by atoms with Gasteiger partial charge < -0.3 is 15.0 Å². The van der Waals surface area contributed by atoms with Crippen molar-refractivity contribution in [1.29, 1.82) is 0 Å². The van der Waals surface area contributed by atoms with Gasteiger partial charge in [0.15, 0.2) is 0 Å². The lowest BCUT2D eigenvalue weighted by Crippen LogP contribution is -2.40. The Hall–Kier alpha value is -3.22. The molecule has 0 radical (unpaired) electrons. The molecule has 2 fully saturated rings. The quantitative estimate of drug-likeness (QED) is 0.783. The molecule has 1 heterocycles. The molecule has 0 unspecified atom stereocenters. The van der Waals surface area contributed by atoms with Crippen LogP contribution in [0.1, 0.15) is 40.0 Å². The van der Waals surface area contributed by atoms with Crippen LogP contribution >= 0.6 is 0 Å². The lowest BCUT2D eigenvalue weighted by molar-refractivity contribution is -0.118.